The molecule has 0 radical (unpaired) electrons. The maximum atomic E-state index is 11.6. The van der Waals surface area contributed by atoms with Crippen LogP contribution in [0.1, 0.15) is 13.3 Å². The molecule has 0 unspecified atom stereocenters. The summed E-state index contributed by atoms with van der Waals surface area (Å²) in [5.74, 6) is 1.41. The van der Waals surface area contributed by atoms with Gasteiger partial charge in [-0.05, 0) is 18.7 Å². The van der Waals surface area contributed by atoms with Gasteiger partial charge in [0.05, 0.1) is 0 Å². The average molecular weight is 250 g/mol. The molecule has 0 spiro atoms. The predicted molar refractivity (Wildman–Crippen MR) is 69.2 cm³/mol. The van der Waals surface area contributed by atoms with E-state index in [4.69, 9.17) is 9.47 Å². The molecule has 0 atom stereocenters. The molecule has 1 aliphatic heterocycles. The van der Waals surface area contributed by atoms with Crippen molar-refractivity contribution in [3.05, 3.63) is 18.2 Å². The monoisotopic (exact) mass is 250 g/mol. The zero-order chi connectivity index (χ0) is 12.8. The number of carbonyl (C=O) groups excluding carboxylic acids is 1. The Morgan fingerprint density at radius 2 is 2.06 bits per heavy atom. The number of amides is 1. The second kappa shape index (κ2) is 6.26. The van der Waals surface area contributed by atoms with Gasteiger partial charge in [0.25, 0.3) is 0 Å². The Morgan fingerprint density at radius 3 is 2.83 bits per heavy atom. The normalized spacial score (nSPS) is 13.2. The van der Waals surface area contributed by atoms with Crippen molar-refractivity contribution in [1.82, 2.24) is 5.32 Å². The third kappa shape index (κ3) is 3.37. The SMILES string of the molecule is CCNCCC(=O)Nc1ccc2c(c1)OCCO2. The van der Waals surface area contributed by atoms with Gasteiger partial charge < -0.3 is 20.1 Å². The highest BCUT2D eigenvalue weighted by molar-refractivity contribution is 5.91. The quantitative estimate of drug-likeness (QED) is 0.775. The summed E-state index contributed by atoms with van der Waals surface area (Å²) in [5, 5.41) is 5.95. The van der Waals surface area contributed by atoms with E-state index in [-0.39, 0.29) is 5.91 Å². The van der Waals surface area contributed by atoms with E-state index < -0.39 is 0 Å². The van der Waals surface area contributed by atoms with Crippen LogP contribution in [-0.4, -0.2) is 32.2 Å². The van der Waals surface area contributed by atoms with Crippen LogP contribution in [0.5, 0.6) is 11.5 Å². The number of hydrogen-bond acceptors (Lipinski definition) is 4. The zero-order valence-electron chi connectivity index (χ0n) is 10.5. The molecule has 0 saturated heterocycles. The van der Waals surface area contributed by atoms with Crippen LogP contribution >= 0.6 is 0 Å². The van der Waals surface area contributed by atoms with E-state index in [9.17, 15) is 4.79 Å². The molecule has 98 valence electrons. The minimum Gasteiger partial charge on any atom is -0.486 e. The van der Waals surface area contributed by atoms with Crippen molar-refractivity contribution < 1.29 is 14.3 Å². The number of nitrogens with one attached hydrogen (secondary N) is 2. The van der Waals surface area contributed by atoms with E-state index in [0.29, 0.717) is 31.9 Å². The highest BCUT2D eigenvalue weighted by Gasteiger charge is 2.12. The van der Waals surface area contributed by atoms with Gasteiger partial charge in [-0.2, -0.15) is 0 Å². The summed E-state index contributed by atoms with van der Waals surface area (Å²) in [6, 6.07) is 5.42. The number of carbonyl (C=O) groups is 1. The Kier molecular flexibility index (Phi) is 4.41. The maximum absolute atomic E-state index is 11.6. The summed E-state index contributed by atoms with van der Waals surface area (Å²) < 4.78 is 10.9. The minimum absolute atomic E-state index is 0.00683. The highest BCUT2D eigenvalue weighted by Crippen LogP contribution is 2.32. The molecule has 1 amide bonds. The van der Waals surface area contributed by atoms with Crippen LogP contribution in [0.3, 0.4) is 0 Å². The van der Waals surface area contributed by atoms with E-state index in [0.717, 1.165) is 18.0 Å². The molecule has 5 heteroatoms. The van der Waals surface area contributed by atoms with Gasteiger partial charge in [-0.15, -0.1) is 0 Å². The molecule has 0 saturated carbocycles. The Morgan fingerprint density at radius 1 is 1.28 bits per heavy atom. The van der Waals surface area contributed by atoms with Crippen LogP contribution in [0.25, 0.3) is 0 Å². The van der Waals surface area contributed by atoms with Gasteiger partial charge in [0, 0.05) is 24.7 Å². The summed E-state index contributed by atoms with van der Waals surface area (Å²) in [4.78, 5) is 11.6. The second-order valence-corrected chi connectivity index (χ2v) is 4.01. The molecular weight excluding hydrogens is 232 g/mol. The summed E-state index contributed by atoms with van der Waals surface area (Å²) in [5.41, 5.74) is 0.737. The standard InChI is InChI=1S/C13H18N2O3/c1-2-14-6-5-13(16)15-10-3-4-11-12(9-10)18-8-7-17-11/h3-4,9,14H,2,5-8H2,1H3,(H,15,16). The number of benzene rings is 1. The fourth-order valence-electron chi connectivity index (χ4n) is 1.72. The van der Waals surface area contributed by atoms with E-state index in [2.05, 4.69) is 10.6 Å². The Balaban J connectivity index is 1.91. The van der Waals surface area contributed by atoms with Crippen molar-refractivity contribution in [2.24, 2.45) is 0 Å². The fourth-order valence-corrected chi connectivity index (χ4v) is 1.72. The van der Waals surface area contributed by atoms with Crippen molar-refractivity contribution >= 4 is 11.6 Å². The smallest absolute Gasteiger partial charge is 0.225 e. The summed E-state index contributed by atoms with van der Waals surface area (Å²) in [6.07, 6.45) is 0.461. The molecule has 5 nitrogen and oxygen atoms in total. The van der Waals surface area contributed by atoms with Crippen molar-refractivity contribution in [2.75, 3.05) is 31.6 Å². The molecule has 0 fully saturated rings. The lowest BCUT2D eigenvalue weighted by Gasteiger charge is -2.19. The van der Waals surface area contributed by atoms with E-state index in [1.54, 1.807) is 6.07 Å². The van der Waals surface area contributed by atoms with Crippen molar-refractivity contribution in [3.8, 4) is 11.5 Å². The van der Waals surface area contributed by atoms with E-state index in [1.807, 2.05) is 19.1 Å². The molecule has 1 heterocycles. The first kappa shape index (κ1) is 12.7. The van der Waals surface area contributed by atoms with Gasteiger partial charge in [0.1, 0.15) is 13.2 Å². The Bertz CT molecular complexity index is 421. The number of ether oxygens (including phenoxy) is 2. The molecule has 0 aromatic heterocycles. The van der Waals surface area contributed by atoms with Gasteiger partial charge in [-0.25, -0.2) is 0 Å². The molecule has 2 N–H and O–H groups in total. The van der Waals surface area contributed by atoms with Crippen molar-refractivity contribution in [2.45, 2.75) is 13.3 Å². The topological polar surface area (TPSA) is 59.6 Å². The van der Waals surface area contributed by atoms with Crippen molar-refractivity contribution in [3.63, 3.8) is 0 Å². The summed E-state index contributed by atoms with van der Waals surface area (Å²) in [7, 11) is 0. The lowest BCUT2D eigenvalue weighted by atomic mass is 10.2. The lowest BCUT2D eigenvalue weighted by Crippen LogP contribution is -2.21. The van der Waals surface area contributed by atoms with Gasteiger partial charge in [0.15, 0.2) is 11.5 Å². The van der Waals surface area contributed by atoms with Crippen LogP contribution in [-0.2, 0) is 4.79 Å². The average Bonchev–Trinajstić information content (AvgIpc) is 2.39. The summed E-state index contributed by atoms with van der Waals surface area (Å²) >= 11 is 0. The largest absolute Gasteiger partial charge is 0.486 e. The first-order chi connectivity index (χ1) is 8.79. The number of fused-ring (bicyclic) bond motifs is 1. The van der Waals surface area contributed by atoms with E-state index >= 15 is 0 Å². The highest BCUT2D eigenvalue weighted by atomic mass is 16.6. The summed E-state index contributed by atoms with van der Waals surface area (Å²) in [6.45, 7) is 4.69. The third-order valence-corrected chi connectivity index (χ3v) is 2.60. The van der Waals surface area contributed by atoms with Gasteiger partial charge in [-0.1, -0.05) is 6.92 Å². The molecular formula is C13H18N2O3. The van der Waals surface area contributed by atoms with Crippen molar-refractivity contribution in [1.29, 1.82) is 0 Å². The first-order valence-electron chi connectivity index (χ1n) is 6.20. The lowest BCUT2D eigenvalue weighted by molar-refractivity contribution is -0.116. The van der Waals surface area contributed by atoms with Crippen LogP contribution in [0, 0.1) is 0 Å². The van der Waals surface area contributed by atoms with E-state index in [1.165, 1.54) is 0 Å². The molecule has 0 aliphatic carbocycles. The zero-order valence-corrected chi connectivity index (χ0v) is 10.5. The number of hydrogen-bond donors (Lipinski definition) is 2. The Hall–Kier alpha value is -1.75. The molecule has 1 aromatic carbocycles. The molecule has 18 heavy (non-hydrogen) atoms. The van der Waals surface area contributed by atoms with Crippen LogP contribution in [0.4, 0.5) is 5.69 Å². The maximum Gasteiger partial charge on any atom is 0.225 e. The predicted octanol–water partition coefficient (Wildman–Crippen LogP) is 1.40. The van der Waals surface area contributed by atoms with Gasteiger partial charge in [0.2, 0.25) is 5.91 Å². The molecule has 0 bridgehead atoms. The first-order valence-corrected chi connectivity index (χ1v) is 6.20. The minimum atomic E-state index is -0.00683. The second-order valence-electron chi connectivity index (χ2n) is 4.01. The van der Waals surface area contributed by atoms with Crippen LogP contribution < -0.4 is 20.1 Å². The van der Waals surface area contributed by atoms with Crippen LogP contribution in [0.15, 0.2) is 18.2 Å². The number of anilines is 1. The van der Waals surface area contributed by atoms with Gasteiger partial charge >= 0.3 is 0 Å². The molecule has 1 aliphatic rings. The molecule has 2 rings (SSSR count). The molecule has 1 aromatic rings. The third-order valence-electron chi connectivity index (χ3n) is 2.60. The fraction of sp³-hybridized carbons (Fsp3) is 0.462. The van der Waals surface area contributed by atoms with Gasteiger partial charge in [-0.3, -0.25) is 4.79 Å². The number of rotatable bonds is 5. The van der Waals surface area contributed by atoms with Crippen LogP contribution in [0.2, 0.25) is 0 Å². The Labute approximate surface area is 106 Å².